The van der Waals surface area contributed by atoms with Crippen molar-refractivity contribution in [3.63, 3.8) is 0 Å². The van der Waals surface area contributed by atoms with Crippen molar-refractivity contribution >= 4 is 60.9 Å². The van der Waals surface area contributed by atoms with Gasteiger partial charge in [0.15, 0.2) is 5.03 Å². The molecule has 206 valence electrons. The van der Waals surface area contributed by atoms with Gasteiger partial charge in [-0.25, -0.2) is 9.78 Å². The third-order valence-electron chi connectivity index (χ3n) is 7.32. The largest absolute Gasteiger partial charge is 0.477 e. The predicted molar refractivity (Wildman–Crippen MR) is 143 cm³/mol. The zero-order valence-electron chi connectivity index (χ0n) is 21.2. The molecule has 15 heteroatoms. The maximum atomic E-state index is 13.1. The second-order valence-electron chi connectivity index (χ2n) is 9.84. The number of hydrogen-bond donors (Lipinski definition) is 2. The van der Waals surface area contributed by atoms with Gasteiger partial charge in [-0.05, 0) is 18.9 Å². The van der Waals surface area contributed by atoms with Crippen LogP contribution in [0.1, 0.15) is 24.3 Å². The average molecular weight is 593 g/mol. The fourth-order valence-electron chi connectivity index (χ4n) is 5.75. The maximum Gasteiger partial charge on any atom is 0.352 e. The number of carboxylic acids is 1. The highest BCUT2D eigenvalue weighted by Crippen LogP contribution is 2.59. The number of aliphatic hydroxyl groups excluding tert-OH is 1. The van der Waals surface area contributed by atoms with Crippen LogP contribution in [0.4, 0.5) is 5.69 Å². The number of thiazole rings is 1. The predicted octanol–water partition coefficient (Wildman–Crippen LogP) is 2.04. The Balaban J connectivity index is 1.75. The number of amides is 1. The molecule has 5 rings (SSSR count). The smallest absolute Gasteiger partial charge is 0.352 e. The Morgan fingerprint density at radius 2 is 1.90 bits per heavy atom. The average Bonchev–Trinajstić information content (AvgIpc) is 3.46. The Morgan fingerprint density at radius 1 is 1.26 bits per heavy atom. The summed E-state index contributed by atoms with van der Waals surface area (Å²) in [5, 5.41) is 32.3. The van der Waals surface area contributed by atoms with E-state index in [9.17, 15) is 38.3 Å². The molecular weight excluding hydrogens is 568 g/mol. The number of nitro benzene ring substituents is 1. The number of hydrogen-bond acceptors (Lipinski definition) is 9. The van der Waals surface area contributed by atoms with Gasteiger partial charge in [-0.3, -0.25) is 27.7 Å². The van der Waals surface area contributed by atoms with E-state index in [1.807, 2.05) is 6.92 Å². The quantitative estimate of drug-likeness (QED) is 0.225. The summed E-state index contributed by atoms with van der Waals surface area (Å²) in [7, 11) is -3.06. The molecule has 0 bridgehead atoms. The SMILES string of the molecule is C[C@@H](O)[C@H]1C(=O)N2C(C(=O)O)=C(c3cn4c(S(C)=O)nc(S(C)=O)c4s3)[C@](C)(Cc3ccc([N+](=O)[O-])cc3)[C@@H]12. The molecule has 1 aromatic carbocycles. The van der Waals surface area contributed by atoms with Gasteiger partial charge in [-0.15, -0.1) is 11.3 Å². The maximum absolute atomic E-state index is 13.1. The number of rotatable bonds is 8. The molecule has 1 fully saturated rings. The van der Waals surface area contributed by atoms with Crippen LogP contribution in [0.3, 0.4) is 0 Å². The minimum absolute atomic E-state index is 0.0966. The van der Waals surface area contributed by atoms with Crippen molar-refractivity contribution in [1.82, 2.24) is 14.3 Å². The van der Waals surface area contributed by atoms with Gasteiger partial charge < -0.3 is 15.1 Å². The number of aliphatic hydroxyl groups is 1. The molecule has 4 heterocycles. The first kappa shape index (κ1) is 27.3. The van der Waals surface area contributed by atoms with Crippen molar-refractivity contribution in [1.29, 1.82) is 0 Å². The van der Waals surface area contributed by atoms with Crippen LogP contribution >= 0.6 is 11.3 Å². The molecule has 39 heavy (non-hydrogen) atoms. The second-order valence-corrected chi connectivity index (χ2v) is 13.4. The van der Waals surface area contributed by atoms with Crippen LogP contribution in [0.25, 0.3) is 10.4 Å². The third kappa shape index (κ3) is 4.06. The molecule has 0 saturated carbocycles. The second kappa shape index (κ2) is 9.43. The van der Waals surface area contributed by atoms with Gasteiger partial charge in [-0.2, -0.15) is 0 Å². The molecule has 1 amide bonds. The van der Waals surface area contributed by atoms with E-state index in [1.54, 1.807) is 18.3 Å². The van der Waals surface area contributed by atoms with Gasteiger partial charge in [-0.1, -0.05) is 19.1 Å². The number of nitrogens with zero attached hydrogens (tertiary/aromatic N) is 4. The lowest BCUT2D eigenvalue weighted by atomic mass is 9.64. The van der Waals surface area contributed by atoms with Crippen molar-refractivity contribution < 1.29 is 33.1 Å². The molecule has 6 atom stereocenters. The van der Waals surface area contributed by atoms with Crippen LogP contribution in [0, 0.1) is 21.4 Å². The molecule has 2 aliphatic heterocycles. The Labute approximate surface area is 231 Å². The summed E-state index contributed by atoms with van der Waals surface area (Å²) in [6.07, 6.45) is 3.63. The summed E-state index contributed by atoms with van der Waals surface area (Å²) in [4.78, 5) is 42.8. The molecule has 2 aliphatic rings. The van der Waals surface area contributed by atoms with Crippen molar-refractivity contribution in [2.45, 2.75) is 42.6 Å². The molecule has 2 N–H and O–H groups in total. The van der Waals surface area contributed by atoms with Crippen LogP contribution in [0.2, 0.25) is 0 Å². The summed E-state index contributed by atoms with van der Waals surface area (Å²) in [5.41, 5.74) is -0.342. The third-order valence-corrected chi connectivity index (χ3v) is 10.2. The molecule has 0 radical (unpaired) electrons. The van der Waals surface area contributed by atoms with Crippen LogP contribution in [-0.2, 0) is 37.6 Å². The summed E-state index contributed by atoms with van der Waals surface area (Å²) in [6, 6.07) is 5.19. The number of carbonyl (C=O) groups is 2. The van der Waals surface area contributed by atoms with Gasteiger partial charge in [0, 0.05) is 41.8 Å². The first-order valence-corrected chi connectivity index (χ1v) is 15.6. The van der Waals surface area contributed by atoms with Gasteiger partial charge in [0.25, 0.3) is 5.69 Å². The highest BCUT2D eigenvalue weighted by Gasteiger charge is 2.66. The molecule has 2 unspecified atom stereocenters. The summed E-state index contributed by atoms with van der Waals surface area (Å²) >= 11 is 1.13. The fourth-order valence-corrected chi connectivity index (χ4v) is 8.71. The van der Waals surface area contributed by atoms with Crippen molar-refractivity contribution in [2.24, 2.45) is 11.3 Å². The van der Waals surface area contributed by atoms with Crippen LogP contribution in [-0.4, -0.2) is 74.4 Å². The number of β-lactam (4-membered cyclic amide) rings is 1. The topological polar surface area (TPSA) is 172 Å². The fraction of sp³-hybridized carbons (Fsp3) is 0.375. The number of carboxylic acid groups (broad SMARTS) is 1. The molecule has 2 aromatic heterocycles. The first-order valence-electron chi connectivity index (χ1n) is 11.7. The van der Waals surface area contributed by atoms with Crippen LogP contribution in [0.15, 0.2) is 46.3 Å². The van der Waals surface area contributed by atoms with Crippen molar-refractivity contribution in [3.8, 4) is 0 Å². The van der Waals surface area contributed by atoms with E-state index in [4.69, 9.17) is 0 Å². The molecular formula is C24H24N4O8S3. The number of aromatic nitrogens is 2. The first-order chi connectivity index (χ1) is 18.3. The molecule has 0 spiro atoms. The lowest BCUT2D eigenvalue weighted by Crippen LogP contribution is -2.66. The number of benzene rings is 1. The van der Waals surface area contributed by atoms with E-state index in [-0.39, 0.29) is 28.0 Å². The van der Waals surface area contributed by atoms with Gasteiger partial charge >= 0.3 is 5.97 Å². The normalized spacial score (nSPS) is 24.9. The van der Waals surface area contributed by atoms with E-state index in [2.05, 4.69) is 4.98 Å². The number of imidazole rings is 1. The summed E-state index contributed by atoms with van der Waals surface area (Å²) < 4.78 is 26.4. The summed E-state index contributed by atoms with van der Waals surface area (Å²) in [6.45, 7) is 3.29. The van der Waals surface area contributed by atoms with E-state index < -0.39 is 61.9 Å². The van der Waals surface area contributed by atoms with Crippen LogP contribution < -0.4 is 0 Å². The van der Waals surface area contributed by atoms with Crippen molar-refractivity contribution in [3.05, 3.63) is 56.7 Å². The highest BCUT2D eigenvalue weighted by molar-refractivity contribution is 7.85. The van der Waals surface area contributed by atoms with E-state index in [0.717, 1.165) is 11.3 Å². The van der Waals surface area contributed by atoms with E-state index in [1.165, 1.54) is 40.9 Å². The Kier molecular flexibility index (Phi) is 6.60. The number of aliphatic carboxylic acids is 1. The number of non-ortho nitro benzene ring substituents is 1. The molecule has 1 saturated heterocycles. The Hall–Kier alpha value is -3.27. The van der Waals surface area contributed by atoms with E-state index >= 15 is 0 Å². The minimum atomic E-state index is -1.54. The molecule has 3 aromatic rings. The van der Waals surface area contributed by atoms with Crippen LogP contribution in [0.5, 0.6) is 0 Å². The van der Waals surface area contributed by atoms with Gasteiger partial charge in [0.1, 0.15) is 10.5 Å². The monoisotopic (exact) mass is 592 g/mol. The van der Waals surface area contributed by atoms with Crippen molar-refractivity contribution in [2.75, 3.05) is 12.5 Å². The minimum Gasteiger partial charge on any atom is -0.477 e. The standard InChI is InChI=1S/C24H24N4O8S3/c1-11(29)15-18-24(2,9-12-5-7-13(8-6-12)28(33)34)16(17(22(31)32)27(18)20(15)30)14-10-26-21(37-14)19(38(3)35)25-23(26)39(4)36/h5-8,10-11,15,18,29H,9H2,1-4H3,(H,31,32)/t11-,15-,18-,24+,38?,39?/m1/s1. The molecule has 0 aliphatic carbocycles. The number of carbonyl (C=O) groups excluding carboxylic acids is 1. The number of fused-ring (bicyclic) bond motifs is 2. The van der Waals surface area contributed by atoms with Gasteiger partial charge in [0.05, 0.1) is 49.5 Å². The zero-order chi connectivity index (χ0) is 28.5. The zero-order valence-corrected chi connectivity index (χ0v) is 23.6. The van der Waals surface area contributed by atoms with Gasteiger partial charge in [0.2, 0.25) is 11.1 Å². The lowest BCUT2D eigenvalue weighted by molar-refractivity contribution is -0.384. The summed E-state index contributed by atoms with van der Waals surface area (Å²) in [5.74, 6) is -2.69. The highest BCUT2D eigenvalue weighted by atomic mass is 32.2. The Bertz CT molecular complexity index is 1590. The lowest BCUT2D eigenvalue weighted by Gasteiger charge is -2.51. The Morgan fingerprint density at radius 3 is 2.41 bits per heavy atom. The van der Waals surface area contributed by atoms with E-state index in [0.29, 0.717) is 20.8 Å². The molecule has 12 nitrogen and oxygen atoms in total. The number of nitro groups is 1.